The third-order valence-electron chi connectivity index (χ3n) is 7.03. The zero-order valence-corrected chi connectivity index (χ0v) is 22.7. The number of nitrogens with one attached hydrogen (secondary N) is 4. The SMILES string of the molecule is CNC(=O)c1ccc(-c2c[nH]c3nc(Nc4ccc(C(=O)NC5COC5)cc4OC)nc(OC4CCOC4)c23)cc1. The number of hydrogen-bond acceptors (Lipinski definition) is 9. The number of rotatable bonds is 9. The summed E-state index contributed by atoms with van der Waals surface area (Å²) in [7, 11) is 3.13. The molecule has 212 valence electrons. The number of ether oxygens (including phenoxy) is 4. The Morgan fingerprint density at radius 3 is 2.49 bits per heavy atom. The number of amides is 2. The van der Waals surface area contributed by atoms with Crippen molar-refractivity contribution in [1.29, 1.82) is 0 Å². The monoisotopic (exact) mass is 558 g/mol. The summed E-state index contributed by atoms with van der Waals surface area (Å²) in [5.41, 5.74) is 3.91. The van der Waals surface area contributed by atoms with Crippen LogP contribution in [0.2, 0.25) is 0 Å². The second-order valence-electron chi connectivity index (χ2n) is 9.79. The summed E-state index contributed by atoms with van der Waals surface area (Å²) in [5, 5.41) is 9.49. The molecule has 1 atom stereocenters. The fraction of sp³-hybridized carbons (Fsp3) is 0.310. The molecule has 0 spiro atoms. The number of aromatic amines is 1. The molecule has 2 fully saturated rings. The van der Waals surface area contributed by atoms with E-state index in [4.69, 9.17) is 28.9 Å². The lowest BCUT2D eigenvalue weighted by atomic mass is 10.0. The zero-order chi connectivity index (χ0) is 28.3. The molecule has 0 bridgehead atoms. The van der Waals surface area contributed by atoms with E-state index in [9.17, 15) is 9.59 Å². The molecule has 2 saturated heterocycles. The first-order valence-corrected chi connectivity index (χ1v) is 13.3. The molecule has 4 heterocycles. The Morgan fingerprint density at radius 2 is 1.80 bits per heavy atom. The van der Waals surface area contributed by atoms with E-state index >= 15 is 0 Å². The summed E-state index contributed by atoms with van der Waals surface area (Å²) in [6.45, 7) is 2.12. The van der Waals surface area contributed by atoms with E-state index in [1.807, 2.05) is 18.3 Å². The van der Waals surface area contributed by atoms with Crippen molar-refractivity contribution < 1.29 is 28.5 Å². The Balaban J connectivity index is 1.32. The van der Waals surface area contributed by atoms with Gasteiger partial charge in [0.25, 0.3) is 11.8 Å². The summed E-state index contributed by atoms with van der Waals surface area (Å²) < 4.78 is 22.6. The van der Waals surface area contributed by atoms with Gasteiger partial charge in [-0.1, -0.05) is 12.1 Å². The van der Waals surface area contributed by atoms with Crippen LogP contribution in [-0.4, -0.2) is 79.5 Å². The number of hydrogen-bond donors (Lipinski definition) is 4. The van der Waals surface area contributed by atoms with Gasteiger partial charge in [0.05, 0.1) is 50.7 Å². The van der Waals surface area contributed by atoms with Crippen LogP contribution in [0.4, 0.5) is 11.6 Å². The molecule has 0 radical (unpaired) electrons. The first-order valence-electron chi connectivity index (χ1n) is 13.3. The molecule has 0 saturated carbocycles. The van der Waals surface area contributed by atoms with E-state index in [1.165, 1.54) is 7.11 Å². The Morgan fingerprint density at radius 1 is 1.00 bits per heavy atom. The van der Waals surface area contributed by atoms with E-state index in [0.717, 1.165) is 17.5 Å². The number of fused-ring (bicyclic) bond motifs is 1. The average molecular weight is 559 g/mol. The van der Waals surface area contributed by atoms with E-state index in [0.29, 0.717) is 65.9 Å². The predicted molar refractivity (Wildman–Crippen MR) is 151 cm³/mol. The van der Waals surface area contributed by atoms with E-state index in [2.05, 4.69) is 20.9 Å². The van der Waals surface area contributed by atoms with Crippen molar-refractivity contribution >= 4 is 34.5 Å². The highest BCUT2D eigenvalue weighted by molar-refractivity contribution is 5.99. The van der Waals surface area contributed by atoms with Crippen molar-refractivity contribution in [3.05, 3.63) is 59.8 Å². The van der Waals surface area contributed by atoms with Gasteiger partial charge in [-0.25, -0.2) is 0 Å². The fourth-order valence-corrected chi connectivity index (χ4v) is 4.72. The van der Waals surface area contributed by atoms with Crippen molar-refractivity contribution in [2.75, 3.05) is 45.9 Å². The summed E-state index contributed by atoms with van der Waals surface area (Å²) >= 11 is 0. The first-order chi connectivity index (χ1) is 20.0. The third kappa shape index (κ3) is 5.52. The molecule has 0 aliphatic carbocycles. The van der Waals surface area contributed by atoms with Crippen LogP contribution in [-0.2, 0) is 9.47 Å². The molecule has 41 heavy (non-hydrogen) atoms. The lowest BCUT2D eigenvalue weighted by molar-refractivity contribution is -0.00346. The average Bonchev–Trinajstić information content (AvgIpc) is 3.65. The smallest absolute Gasteiger partial charge is 0.251 e. The Kier molecular flexibility index (Phi) is 7.40. The molecular weight excluding hydrogens is 528 g/mol. The molecule has 1 unspecified atom stereocenters. The molecule has 2 aromatic heterocycles. The van der Waals surface area contributed by atoms with Crippen LogP contribution >= 0.6 is 0 Å². The molecule has 12 nitrogen and oxygen atoms in total. The minimum Gasteiger partial charge on any atom is -0.495 e. The molecule has 6 rings (SSSR count). The number of methoxy groups -OCH3 is 1. The second kappa shape index (κ2) is 11.4. The van der Waals surface area contributed by atoms with Crippen LogP contribution < -0.4 is 25.4 Å². The van der Waals surface area contributed by atoms with E-state index in [-0.39, 0.29) is 29.9 Å². The minimum absolute atomic E-state index is 0.0228. The second-order valence-corrected chi connectivity index (χ2v) is 9.79. The van der Waals surface area contributed by atoms with Crippen molar-refractivity contribution in [2.45, 2.75) is 18.6 Å². The number of anilines is 2. The third-order valence-corrected chi connectivity index (χ3v) is 7.03. The van der Waals surface area contributed by atoms with Crippen molar-refractivity contribution in [3.63, 3.8) is 0 Å². The van der Waals surface area contributed by atoms with Gasteiger partial charge in [-0.2, -0.15) is 9.97 Å². The highest BCUT2D eigenvalue weighted by Gasteiger charge is 2.24. The summed E-state index contributed by atoms with van der Waals surface area (Å²) in [6, 6.07) is 12.4. The van der Waals surface area contributed by atoms with Gasteiger partial charge in [-0.3, -0.25) is 9.59 Å². The maximum atomic E-state index is 12.6. The summed E-state index contributed by atoms with van der Waals surface area (Å²) in [4.78, 5) is 37.3. The van der Waals surface area contributed by atoms with Gasteiger partial charge in [0, 0.05) is 36.4 Å². The van der Waals surface area contributed by atoms with Gasteiger partial charge in [0.15, 0.2) is 0 Å². The quantitative estimate of drug-likeness (QED) is 0.243. The lowest BCUT2D eigenvalue weighted by Crippen LogP contribution is -2.48. The maximum absolute atomic E-state index is 12.6. The molecule has 2 aliphatic rings. The lowest BCUT2D eigenvalue weighted by Gasteiger charge is -2.26. The number of aromatic nitrogens is 3. The first kappa shape index (κ1) is 26.5. The van der Waals surface area contributed by atoms with E-state index in [1.54, 1.807) is 37.4 Å². The predicted octanol–water partition coefficient (Wildman–Crippen LogP) is 3.03. The molecule has 4 N–H and O–H groups in total. The number of nitrogens with zero attached hydrogens (tertiary/aromatic N) is 2. The molecule has 4 aromatic rings. The minimum atomic E-state index is -0.197. The standard InChI is InChI=1S/C29H30N6O6/c1-30-26(36)17-5-3-16(4-6-17)21-12-31-25-24(21)28(41-20-9-10-39-15-20)35-29(34-25)33-22-8-7-18(11-23(22)38-2)27(37)32-19-13-40-14-19/h3-8,11-12,19-20H,9-10,13-15H2,1-2H3,(H,30,36)(H,32,37)(H2,31,33,34,35). The maximum Gasteiger partial charge on any atom is 0.251 e. The molecular formula is C29H30N6O6. The van der Waals surface area contributed by atoms with Gasteiger partial charge in [-0.15, -0.1) is 0 Å². The Bertz CT molecular complexity index is 1580. The summed E-state index contributed by atoms with van der Waals surface area (Å²) in [5.74, 6) is 0.796. The van der Waals surface area contributed by atoms with Gasteiger partial charge in [-0.05, 0) is 35.9 Å². The number of H-pyrrole nitrogens is 1. The Hall–Kier alpha value is -4.68. The molecule has 12 heteroatoms. The van der Waals surface area contributed by atoms with Gasteiger partial charge < -0.3 is 39.9 Å². The normalized spacial score (nSPS) is 16.7. The van der Waals surface area contributed by atoms with Crippen molar-refractivity contribution in [1.82, 2.24) is 25.6 Å². The number of benzene rings is 2. The Labute approximate surface area is 235 Å². The number of carbonyl (C=O) groups is 2. The summed E-state index contributed by atoms with van der Waals surface area (Å²) in [6.07, 6.45) is 2.45. The van der Waals surface area contributed by atoms with Crippen LogP contribution in [0.3, 0.4) is 0 Å². The zero-order valence-electron chi connectivity index (χ0n) is 22.7. The van der Waals surface area contributed by atoms with Gasteiger partial charge in [0.1, 0.15) is 17.5 Å². The van der Waals surface area contributed by atoms with Crippen LogP contribution in [0.1, 0.15) is 27.1 Å². The molecule has 2 aromatic carbocycles. The molecule has 2 amide bonds. The van der Waals surface area contributed by atoms with Crippen molar-refractivity contribution in [2.24, 2.45) is 0 Å². The fourth-order valence-electron chi connectivity index (χ4n) is 4.72. The molecule has 2 aliphatic heterocycles. The van der Waals surface area contributed by atoms with Crippen molar-refractivity contribution in [3.8, 4) is 22.8 Å². The van der Waals surface area contributed by atoms with Crippen LogP contribution in [0, 0.1) is 0 Å². The topological polar surface area (TPSA) is 149 Å². The van der Waals surface area contributed by atoms with Crippen LogP contribution in [0.25, 0.3) is 22.2 Å². The van der Waals surface area contributed by atoms with Gasteiger partial charge >= 0.3 is 0 Å². The van der Waals surface area contributed by atoms with E-state index < -0.39 is 0 Å². The highest BCUT2D eigenvalue weighted by Crippen LogP contribution is 2.37. The largest absolute Gasteiger partial charge is 0.495 e. The van der Waals surface area contributed by atoms with Crippen LogP contribution in [0.15, 0.2) is 48.7 Å². The van der Waals surface area contributed by atoms with Crippen LogP contribution in [0.5, 0.6) is 11.6 Å². The number of carbonyl (C=O) groups excluding carboxylic acids is 2. The highest BCUT2D eigenvalue weighted by atomic mass is 16.5. The van der Waals surface area contributed by atoms with Gasteiger partial charge in [0.2, 0.25) is 11.8 Å².